The van der Waals surface area contributed by atoms with Crippen molar-refractivity contribution >= 4 is 12.3 Å². The van der Waals surface area contributed by atoms with E-state index in [0.717, 1.165) is 12.3 Å². The molecule has 3 rings (SSSR count). The van der Waals surface area contributed by atoms with E-state index in [4.69, 9.17) is 0 Å². The van der Waals surface area contributed by atoms with Gasteiger partial charge >= 0.3 is 0 Å². The summed E-state index contributed by atoms with van der Waals surface area (Å²) in [6.07, 6.45) is 10.6. The molecule has 2 aromatic rings. The summed E-state index contributed by atoms with van der Waals surface area (Å²) < 4.78 is 0. The highest BCUT2D eigenvalue weighted by molar-refractivity contribution is 5.75. The Morgan fingerprint density at radius 2 is 1.88 bits per heavy atom. The van der Waals surface area contributed by atoms with Gasteiger partial charge in [-0.05, 0) is 59.7 Å². The van der Waals surface area contributed by atoms with Crippen LogP contribution in [0.2, 0.25) is 0 Å². The van der Waals surface area contributed by atoms with Crippen LogP contribution in [0.1, 0.15) is 67.2 Å². The molecule has 1 atom stereocenters. The van der Waals surface area contributed by atoms with Gasteiger partial charge < -0.3 is 0 Å². The van der Waals surface area contributed by atoms with Gasteiger partial charge in [0.1, 0.15) is 0 Å². The van der Waals surface area contributed by atoms with Crippen LogP contribution in [0, 0.1) is 0 Å². The SMILES string of the molecule is C=NCc1ccc(C(/C=C\CC)=C/C(C)c2ccccc2C2CC2)cc1. The predicted molar refractivity (Wildman–Crippen MR) is 114 cm³/mol. The van der Waals surface area contributed by atoms with Crippen molar-refractivity contribution in [1.82, 2.24) is 0 Å². The summed E-state index contributed by atoms with van der Waals surface area (Å²) in [4.78, 5) is 3.97. The Labute approximate surface area is 158 Å². The summed E-state index contributed by atoms with van der Waals surface area (Å²) in [5.74, 6) is 1.18. The Balaban J connectivity index is 1.91. The Kier molecular flexibility index (Phi) is 6.22. The molecule has 1 nitrogen and oxygen atoms in total. The highest BCUT2D eigenvalue weighted by Crippen LogP contribution is 2.43. The van der Waals surface area contributed by atoms with Crippen molar-refractivity contribution in [2.24, 2.45) is 4.99 Å². The first-order valence-corrected chi connectivity index (χ1v) is 9.72. The molecule has 0 saturated heterocycles. The van der Waals surface area contributed by atoms with Crippen LogP contribution in [0.15, 0.2) is 71.8 Å². The molecule has 1 saturated carbocycles. The maximum atomic E-state index is 3.97. The number of nitrogens with zero attached hydrogens (tertiary/aromatic N) is 1. The minimum absolute atomic E-state index is 0.401. The number of hydrogen-bond acceptors (Lipinski definition) is 1. The predicted octanol–water partition coefficient (Wildman–Crippen LogP) is 6.92. The normalized spacial score (nSPS) is 16.0. The molecule has 134 valence electrons. The van der Waals surface area contributed by atoms with Crippen molar-refractivity contribution in [2.75, 3.05) is 0 Å². The zero-order valence-electron chi connectivity index (χ0n) is 16.0. The van der Waals surface area contributed by atoms with E-state index < -0.39 is 0 Å². The molecular formula is C25H29N. The van der Waals surface area contributed by atoms with Crippen LogP contribution in [0.25, 0.3) is 5.57 Å². The van der Waals surface area contributed by atoms with Crippen molar-refractivity contribution in [1.29, 1.82) is 0 Å². The van der Waals surface area contributed by atoms with E-state index in [1.807, 2.05) is 0 Å². The topological polar surface area (TPSA) is 12.4 Å². The molecule has 0 bridgehead atoms. The van der Waals surface area contributed by atoms with Crippen molar-refractivity contribution in [2.45, 2.75) is 51.5 Å². The lowest BCUT2D eigenvalue weighted by Gasteiger charge is -2.15. The second kappa shape index (κ2) is 8.80. The molecule has 26 heavy (non-hydrogen) atoms. The number of allylic oxidation sites excluding steroid dienone is 4. The first-order chi connectivity index (χ1) is 12.7. The third-order valence-corrected chi connectivity index (χ3v) is 5.05. The molecule has 1 unspecified atom stereocenters. The Hall–Kier alpha value is -2.41. The molecule has 2 aromatic carbocycles. The molecule has 0 aromatic heterocycles. The van der Waals surface area contributed by atoms with E-state index in [1.54, 1.807) is 5.56 Å². The number of aliphatic imine (C=N–C) groups is 1. The second-order valence-electron chi connectivity index (χ2n) is 7.20. The van der Waals surface area contributed by atoms with Gasteiger partial charge in [-0.25, -0.2) is 0 Å². The van der Waals surface area contributed by atoms with Crippen LogP contribution in [0.5, 0.6) is 0 Å². The number of benzene rings is 2. The smallest absolute Gasteiger partial charge is 0.0632 e. The van der Waals surface area contributed by atoms with E-state index in [9.17, 15) is 0 Å². The van der Waals surface area contributed by atoms with E-state index in [1.165, 1.54) is 35.1 Å². The molecule has 0 N–H and O–H groups in total. The van der Waals surface area contributed by atoms with E-state index in [2.05, 4.69) is 92.3 Å². The summed E-state index contributed by atoms with van der Waals surface area (Å²) >= 11 is 0. The lowest BCUT2D eigenvalue weighted by molar-refractivity contribution is 0.926. The van der Waals surface area contributed by atoms with Crippen molar-refractivity contribution in [3.05, 3.63) is 89.0 Å². The van der Waals surface area contributed by atoms with Gasteiger partial charge in [0, 0.05) is 5.92 Å². The van der Waals surface area contributed by atoms with Gasteiger partial charge in [0.15, 0.2) is 0 Å². The Bertz CT molecular complexity index is 791. The number of rotatable bonds is 8. The van der Waals surface area contributed by atoms with Gasteiger partial charge in [0.25, 0.3) is 0 Å². The molecule has 0 spiro atoms. The lowest BCUT2D eigenvalue weighted by atomic mass is 9.90. The maximum Gasteiger partial charge on any atom is 0.0632 e. The fourth-order valence-electron chi connectivity index (χ4n) is 3.48. The molecule has 0 radical (unpaired) electrons. The molecule has 1 fully saturated rings. The largest absolute Gasteiger partial charge is 0.296 e. The molecule has 1 aliphatic rings. The first-order valence-electron chi connectivity index (χ1n) is 9.72. The monoisotopic (exact) mass is 343 g/mol. The van der Waals surface area contributed by atoms with Crippen molar-refractivity contribution in [3.8, 4) is 0 Å². The lowest BCUT2D eigenvalue weighted by Crippen LogP contribution is -1.97. The van der Waals surface area contributed by atoms with Crippen LogP contribution >= 0.6 is 0 Å². The van der Waals surface area contributed by atoms with Crippen molar-refractivity contribution < 1.29 is 0 Å². The van der Waals surface area contributed by atoms with Crippen LogP contribution < -0.4 is 0 Å². The third-order valence-electron chi connectivity index (χ3n) is 5.05. The highest BCUT2D eigenvalue weighted by atomic mass is 14.7. The van der Waals surface area contributed by atoms with Crippen LogP contribution in [-0.2, 0) is 6.54 Å². The maximum absolute atomic E-state index is 3.97. The molecule has 0 heterocycles. The second-order valence-corrected chi connectivity index (χ2v) is 7.20. The van der Waals surface area contributed by atoms with E-state index in [-0.39, 0.29) is 0 Å². The van der Waals surface area contributed by atoms with E-state index in [0.29, 0.717) is 12.5 Å². The minimum atomic E-state index is 0.401. The van der Waals surface area contributed by atoms with Crippen LogP contribution in [0.3, 0.4) is 0 Å². The third kappa shape index (κ3) is 4.60. The molecule has 0 aliphatic heterocycles. The molecule has 0 amide bonds. The minimum Gasteiger partial charge on any atom is -0.296 e. The van der Waals surface area contributed by atoms with Crippen LogP contribution in [0.4, 0.5) is 0 Å². The van der Waals surface area contributed by atoms with Gasteiger partial charge in [0.05, 0.1) is 6.54 Å². The number of hydrogen-bond donors (Lipinski definition) is 0. The Morgan fingerprint density at radius 1 is 1.15 bits per heavy atom. The fourth-order valence-corrected chi connectivity index (χ4v) is 3.48. The summed E-state index contributed by atoms with van der Waals surface area (Å²) in [6.45, 7) is 8.75. The van der Waals surface area contributed by atoms with E-state index >= 15 is 0 Å². The Morgan fingerprint density at radius 3 is 2.54 bits per heavy atom. The van der Waals surface area contributed by atoms with Crippen molar-refractivity contribution in [3.63, 3.8) is 0 Å². The first kappa shape index (κ1) is 18.4. The van der Waals surface area contributed by atoms with Crippen LogP contribution in [-0.4, -0.2) is 6.72 Å². The average Bonchev–Trinajstić information content (AvgIpc) is 3.51. The van der Waals surface area contributed by atoms with Gasteiger partial charge in [-0.15, -0.1) is 0 Å². The standard InChI is InChI=1S/C25H29N/c1-4-5-8-23(21-13-11-20(12-14-21)18-26-3)17-19(2)24-9-6-7-10-25(24)22-15-16-22/h5-14,17,19,22H,3-4,15-16,18H2,1-2H3/b8-5-,23-17+. The summed E-state index contributed by atoms with van der Waals surface area (Å²) in [7, 11) is 0. The fraction of sp³-hybridized carbons (Fsp3) is 0.320. The zero-order chi connectivity index (χ0) is 18.4. The zero-order valence-corrected chi connectivity index (χ0v) is 16.0. The molecular weight excluding hydrogens is 314 g/mol. The van der Waals surface area contributed by atoms with Gasteiger partial charge in [-0.2, -0.15) is 0 Å². The van der Waals surface area contributed by atoms with Gasteiger partial charge in [0.2, 0.25) is 0 Å². The molecule has 1 heteroatoms. The summed E-state index contributed by atoms with van der Waals surface area (Å²) in [5, 5.41) is 0. The van der Waals surface area contributed by atoms with Gasteiger partial charge in [-0.1, -0.05) is 80.6 Å². The molecule has 1 aliphatic carbocycles. The highest BCUT2D eigenvalue weighted by Gasteiger charge is 2.26. The summed E-state index contributed by atoms with van der Waals surface area (Å²) in [6, 6.07) is 17.7. The average molecular weight is 344 g/mol. The van der Waals surface area contributed by atoms with Gasteiger partial charge in [-0.3, -0.25) is 4.99 Å². The summed E-state index contributed by atoms with van der Waals surface area (Å²) in [5.41, 5.74) is 6.78. The quantitative estimate of drug-likeness (QED) is 0.364.